The minimum Gasteiger partial charge on any atom is -0.488 e. The Bertz CT molecular complexity index is 1670. The molecule has 14 heteroatoms. The summed E-state index contributed by atoms with van der Waals surface area (Å²) in [7, 11) is -6.55. The highest BCUT2D eigenvalue weighted by atomic mass is 35.5. The standard InChI is InChI=1S/C29H33ClFN3O7S2/c1-19-16-34(20(2)18-35)29(36)15-21-14-24(32-42(37,38)25-11-6-23(31)7-12-25)8-13-27(21)41-28(19)17-33(3)43(39,40)26-9-4-22(30)5-10-26/h4-14,19-20,28,32,35H,15-18H2,1-3H3/t19-,20-,28+/m1/s1. The summed E-state index contributed by atoms with van der Waals surface area (Å²) in [5.74, 6) is -0.988. The number of nitrogens with one attached hydrogen (secondary N) is 1. The molecule has 0 fully saturated rings. The maximum Gasteiger partial charge on any atom is 0.261 e. The van der Waals surface area contributed by atoms with Crippen LogP contribution in [-0.2, 0) is 31.3 Å². The summed E-state index contributed by atoms with van der Waals surface area (Å²) < 4.78 is 75.8. The van der Waals surface area contributed by atoms with E-state index in [0.717, 1.165) is 24.3 Å². The maximum absolute atomic E-state index is 13.4. The molecule has 10 nitrogen and oxygen atoms in total. The number of halogens is 2. The van der Waals surface area contributed by atoms with E-state index in [-0.39, 0.29) is 59.2 Å². The smallest absolute Gasteiger partial charge is 0.261 e. The number of carbonyl (C=O) groups excluding carboxylic acids is 1. The Balaban J connectivity index is 1.68. The molecule has 1 aliphatic rings. The number of hydrogen-bond acceptors (Lipinski definition) is 7. The van der Waals surface area contributed by atoms with Crippen LogP contribution in [0.4, 0.5) is 10.1 Å². The molecule has 3 aromatic rings. The SMILES string of the molecule is C[C@@H]1CN([C@H](C)CO)C(=O)Cc2cc(NS(=O)(=O)c3ccc(F)cc3)ccc2O[C@H]1CN(C)S(=O)(=O)c1ccc(Cl)cc1. The third-order valence-corrected chi connectivity index (χ3v) is 10.7. The first-order valence-corrected chi connectivity index (χ1v) is 16.7. The number of benzene rings is 3. The predicted molar refractivity (Wildman–Crippen MR) is 160 cm³/mol. The van der Waals surface area contributed by atoms with E-state index in [1.807, 2.05) is 6.92 Å². The molecule has 0 radical (unpaired) electrons. The number of sulfonamides is 2. The fourth-order valence-electron chi connectivity index (χ4n) is 4.68. The number of carbonyl (C=O) groups is 1. The topological polar surface area (TPSA) is 133 Å². The molecular formula is C29H33ClFN3O7S2. The van der Waals surface area contributed by atoms with Crippen LogP contribution in [0.1, 0.15) is 19.4 Å². The van der Waals surface area contributed by atoms with E-state index in [9.17, 15) is 31.1 Å². The minimum atomic E-state index is -4.07. The first kappa shape index (κ1) is 32.7. The van der Waals surface area contributed by atoms with Crippen molar-refractivity contribution >= 4 is 43.2 Å². The highest BCUT2D eigenvalue weighted by Crippen LogP contribution is 2.31. The van der Waals surface area contributed by atoms with E-state index < -0.39 is 38.0 Å². The molecule has 0 spiro atoms. The van der Waals surface area contributed by atoms with Gasteiger partial charge in [0.15, 0.2) is 0 Å². The summed E-state index contributed by atoms with van der Waals surface area (Å²) in [5.41, 5.74) is 0.509. The highest BCUT2D eigenvalue weighted by molar-refractivity contribution is 7.92. The van der Waals surface area contributed by atoms with Crippen LogP contribution in [-0.4, -0.2) is 75.9 Å². The molecule has 0 bridgehead atoms. The number of aliphatic hydroxyl groups is 1. The number of amides is 1. The van der Waals surface area contributed by atoms with Crippen molar-refractivity contribution in [3.63, 3.8) is 0 Å². The van der Waals surface area contributed by atoms with Crippen molar-refractivity contribution in [2.75, 3.05) is 31.5 Å². The van der Waals surface area contributed by atoms with Crippen molar-refractivity contribution in [2.24, 2.45) is 5.92 Å². The molecule has 4 rings (SSSR count). The Morgan fingerprint density at radius 2 is 1.70 bits per heavy atom. The van der Waals surface area contributed by atoms with Crippen LogP contribution in [0.25, 0.3) is 0 Å². The quantitative estimate of drug-likeness (QED) is 0.359. The van der Waals surface area contributed by atoms with E-state index >= 15 is 0 Å². The second-order valence-electron chi connectivity index (χ2n) is 10.5. The average molecular weight is 654 g/mol. The Morgan fingerprint density at radius 1 is 1.07 bits per heavy atom. The van der Waals surface area contributed by atoms with Crippen molar-refractivity contribution in [1.82, 2.24) is 9.21 Å². The molecule has 3 aromatic carbocycles. The normalized spacial score (nSPS) is 18.7. The Labute approximate surface area is 256 Å². The van der Waals surface area contributed by atoms with Crippen LogP contribution in [0.15, 0.2) is 76.5 Å². The molecule has 2 N–H and O–H groups in total. The second-order valence-corrected chi connectivity index (χ2v) is 14.7. The lowest BCUT2D eigenvalue weighted by Gasteiger charge is -2.33. The van der Waals surface area contributed by atoms with Gasteiger partial charge in [0.25, 0.3) is 10.0 Å². The molecular weight excluding hydrogens is 621 g/mol. The summed E-state index contributed by atoms with van der Waals surface area (Å²) in [5, 5.41) is 10.3. The highest BCUT2D eigenvalue weighted by Gasteiger charge is 2.33. The zero-order valence-corrected chi connectivity index (χ0v) is 26.2. The first-order chi connectivity index (χ1) is 20.2. The molecule has 0 unspecified atom stereocenters. The van der Waals surface area contributed by atoms with Gasteiger partial charge < -0.3 is 14.7 Å². The van der Waals surface area contributed by atoms with Gasteiger partial charge in [-0.25, -0.2) is 21.2 Å². The predicted octanol–water partition coefficient (Wildman–Crippen LogP) is 3.75. The molecule has 0 aliphatic carbocycles. The molecule has 232 valence electrons. The van der Waals surface area contributed by atoms with Crippen molar-refractivity contribution in [1.29, 1.82) is 0 Å². The molecule has 0 saturated heterocycles. The van der Waals surface area contributed by atoms with Crippen molar-refractivity contribution in [2.45, 2.75) is 42.2 Å². The third kappa shape index (κ3) is 7.65. The van der Waals surface area contributed by atoms with Gasteiger partial charge in [-0.2, -0.15) is 4.31 Å². The molecule has 1 amide bonds. The minimum absolute atomic E-state index is 0.0549. The van der Waals surface area contributed by atoms with Crippen LogP contribution in [0.3, 0.4) is 0 Å². The summed E-state index contributed by atoms with van der Waals surface area (Å²) >= 11 is 5.93. The maximum atomic E-state index is 13.4. The van der Waals surface area contributed by atoms with Crippen LogP contribution in [0.5, 0.6) is 5.75 Å². The van der Waals surface area contributed by atoms with E-state index in [4.69, 9.17) is 16.3 Å². The van der Waals surface area contributed by atoms with E-state index in [0.29, 0.717) is 10.6 Å². The van der Waals surface area contributed by atoms with Crippen LogP contribution < -0.4 is 9.46 Å². The summed E-state index contributed by atoms with van der Waals surface area (Å²) in [6.45, 7) is 3.34. The molecule has 43 heavy (non-hydrogen) atoms. The number of fused-ring (bicyclic) bond motifs is 1. The number of ether oxygens (including phenoxy) is 1. The Kier molecular flexibility index (Phi) is 10.0. The van der Waals surface area contributed by atoms with Crippen LogP contribution in [0, 0.1) is 11.7 Å². The van der Waals surface area contributed by atoms with Gasteiger partial charge in [0.05, 0.1) is 35.4 Å². The van der Waals surface area contributed by atoms with Gasteiger partial charge in [0.2, 0.25) is 15.9 Å². The van der Waals surface area contributed by atoms with Gasteiger partial charge >= 0.3 is 0 Å². The van der Waals surface area contributed by atoms with E-state index in [2.05, 4.69) is 4.72 Å². The number of nitrogens with zero attached hydrogens (tertiary/aromatic N) is 2. The Morgan fingerprint density at radius 3 is 2.33 bits per heavy atom. The van der Waals surface area contributed by atoms with Crippen LogP contribution >= 0.6 is 11.6 Å². The number of aliphatic hydroxyl groups excluding tert-OH is 1. The summed E-state index contributed by atoms with van der Waals surface area (Å²) in [6.07, 6.45) is -0.892. The summed E-state index contributed by atoms with van der Waals surface area (Å²) in [6, 6.07) is 14.1. The molecule has 3 atom stereocenters. The average Bonchev–Trinajstić information content (AvgIpc) is 3.00. The third-order valence-electron chi connectivity index (χ3n) is 7.25. The number of hydrogen-bond donors (Lipinski definition) is 2. The van der Waals surface area contributed by atoms with Gasteiger partial charge in [0.1, 0.15) is 17.7 Å². The first-order valence-electron chi connectivity index (χ1n) is 13.4. The van der Waals surface area contributed by atoms with Crippen LogP contribution in [0.2, 0.25) is 5.02 Å². The number of likely N-dealkylation sites (N-methyl/N-ethyl adjacent to an activating group) is 1. The monoisotopic (exact) mass is 653 g/mol. The zero-order chi connectivity index (χ0) is 31.5. The lowest BCUT2D eigenvalue weighted by molar-refractivity contribution is -0.134. The van der Waals surface area contributed by atoms with E-state index in [1.54, 1.807) is 6.92 Å². The number of rotatable bonds is 9. The van der Waals surface area contributed by atoms with Crippen molar-refractivity contribution in [3.8, 4) is 5.75 Å². The lowest BCUT2D eigenvalue weighted by atomic mass is 10.0. The molecule has 0 saturated carbocycles. The largest absolute Gasteiger partial charge is 0.488 e. The van der Waals surface area contributed by atoms with Gasteiger partial charge in [-0.3, -0.25) is 9.52 Å². The van der Waals surface area contributed by atoms with Gasteiger partial charge in [-0.05, 0) is 73.7 Å². The summed E-state index contributed by atoms with van der Waals surface area (Å²) in [4.78, 5) is 14.9. The van der Waals surface area contributed by atoms with Gasteiger partial charge in [0, 0.05) is 35.8 Å². The molecule has 0 aromatic heterocycles. The molecule has 1 aliphatic heterocycles. The van der Waals surface area contributed by atoms with Gasteiger partial charge in [-0.15, -0.1) is 0 Å². The fourth-order valence-corrected chi connectivity index (χ4v) is 7.04. The molecule has 1 heterocycles. The van der Waals surface area contributed by atoms with Crippen molar-refractivity contribution < 1.29 is 35.9 Å². The van der Waals surface area contributed by atoms with E-state index in [1.165, 1.54) is 58.7 Å². The Hall–Kier alpha value is -3.23. The van der Waals surface area contributed by atoms with Crippen molar-refractivity contribution in [3.05, 3.63) is 83.1 Å². The second kappa shape index (κ2) is 13.2. The number of anilines is 1. The fraction of sp³-hybridized carbons (Fsp3) is 0.345. The lowest BCUT2D eigenvalue weighted by Crippen LogP contribution is -2.48. The zero-order valence-electron chi connectivity index (χ0n) is 23.8. The van der Waals surface area contributed by atoms with Gasteiger partial charge in [-0.1, -0.05) is 18.5 Å².